The summed E-state index contributed by atoms with van der Waals surface area (Å²) in [4.78, 5) is 21.4. The van der Waals surface area contributed by atoms with Crippen LogP contribution in [0.3, 0.4) is 0 Å². The summed E-state index contributed by atoms with van der Waals surface area (Å²) in [7, 11) is 0. The van der Waals surface area contributed by atoms with Gasteiger partial charge in [0.1, 0.15) is 17.2 Å². The second kappa shape index (κ2) is 10.2. The van der Waals surface area contributed by atoms with Gasteiger partial charge in [0.25, 0.3) is 0 Å². The van der Waals surface area contributed by atoms with Crippen molar-refractivity contribution in [3.8, 4) is 5.88 Å². The van der Waals surface area contributed by atoms with Crippen LogP contribution in [0.4, 0.5) is 22.4 Å². The molecule has 1 aromatic carbocycles. The molecular formula is C21H25BrClF4N3O3. The smallest absolute Gasteiger partial charge is 0.417 e. The number of amides is 1. The minimum Gasteiger partial charge on any atom is -0.472 e. The van der Waals surface area contributed by atoms with Gasteiger partial charge >= 0.3 is 12.3 Å². The minimum atomic E-state index is -4.82. The first-order valence-electron chi connectivity index (χ1n) is 10.3. The third kappa shape index (κ3) is 6.17. The van der Waals surface area contributed by atoms with E-state index in [2.05, 4.69) is 25.9 Å². The van der Waals surface area contributed by atoms with E-state index in [0.29, 0.717) is 19.0 Å². The Morgan fingerprint density at radius 2 is 1.85 bits per heavy atom. The van der Waals surface area contributed by atoms with Gasteiger partial charge in [-0.25, -0.2) is 14.2 Å². The third-order valence-corrected chi connectivity index (χ3v) is 5.63. The highest BCUT2D eigenvalue weighted by Gasteiger charge is 2.39. The zero-order valence-electron chi connectivity index (χ0n) is 19.0. The van der Waals surface area contributed by atoms with Crippen molar-refractivity contribution < 1.29 is 31.8 Å². The third-order valence-electron chi connectivity index (χ3n) is 4.69. The molecule has 6 nitrogen and oxygen atoms in total. The summed E-state index contributed by atoms with van der Waals surface area (Å²) in [6.07, 6.45) is -5.61. The fraction of sp³-hybridized carbons (Fsp3) is 0.571. The van der Waals surface area contributed by atoms with Gasteiger partial charge < -0.3 is 14.4 Å². The maximum absolute atomic E-state index is 14.6. The minimum absolute atomic E-state index is 0.277. The van der Waals surface area contributed by atoms with Crippen LogP contribution in [0.25, 0.3) is 10.9 Å². The number of hydrogen-bond donors (Lipinski definition) is 0. The summed E-state index contributed by atoms with van der Waals surface area (Å²) in [6, 6.07) is 0.236. The predicted octanol–water partition coefficient (Wildman–Crippen LogP) is 7.01. The normalized spacial score (nSPS) is 18.7. The molecular weight excluding hydrogens is 534 g/mol. The SMILES string of the molecule is CC.CC1C(Oc2nc(Cl)nc3c(F)c(Br)c(C(F)(F)F)cc23)CCN1C(=O)OC(C)(C)C. The number of nitrogens with zero attached hydrogens (tertiary/aromatic N) is 3. The Kier molecular flexibility index (Phi) is 8.43. The van der Waals surface area contributed by atoms with Gasteiger partial charge in [-0.15, -0.1) is 0 Å². The number of aromatic nitrogens is 2. The Labute approximate surface area is 202 Å². The van der Waals surface area contributed by atoms with E-state index >= 15 is 0 Å². The molecule has 0 N–H and O–H groups in total. The molecule has 12 heteroatoms. The van der Waals surface area contributed by atoms with Crippen molar-refractivity contribution in [2.75, 3.05) is 6.54 Å². The Bertz CT molecular complexity index is 1030. The number of halogens is 6. The molecule has 0 radical (unpaired) electrons. The van der Waals surface area contributed by atoms with Crippen molar-refractivity contribution in [2.45, 2.75) is 71.9 Å². The number of likely N-dealkylation sites (tertiary alicyclic amines) is 1. The number of hydrogen-bond acceptors (Lipinski definition) is 5. The van der Waals surface area contributed by atoms with Gasteiger partial charge in [0, 0.05) is 13.0 Å². The molecule has 1 aromatic heterocycles. The number of alkyl halides is 3. The standard InChI is InChI=1S/C19H19BrClF4N3O3.C2H6/c1-8-11(5-6-28(8)17(29)31-18(2,3)4)30-15-9-7-10(19(23,24)25)12(20)13(22)14(9)26-16(21)27-15;1-2/h7-8,11H,5-6H2,1-4H3;1-2H3. The van der Waals surface area contributed by atoms with Gasteiger partial charge in [-0.3, -0.25) is 0 Å². The van der Waals surface area contributed by atoms with Crippen LogP contribution in [0.2, 0.25) is 5.28 Å². The fourth-order valence-electron chi connectivity index (χ4n) is 3.24. The average Bonchev–Trinajstić information content (AvgIpc) is 3.05. The maximum atomic E-state index is 14.6. The first-order valence-corrected chi connectivity index (χ1v) is 11.4. The zero-order chi connectivity index (χ0) is 25.3. The van der Waals surface area contributed by atoms with Crippen molar-refractivity contribution in [3.63, 3.8) is 0 Å². The van der Waals surface area contributed by atoms with E-state index in [1.54, 1.807) is 27.7 Å². The van der Waals surface area contributed by atoms with E-state index in [1.807, 2.05) is 13.8 Å². The lowest BCUT2D eigenvalue weighted by Crippen LogP contribution is -2.42. The van der Waals surface area contributed by atoms with E-state index in [0.717, 1.165) is 0 Å². The molecule has 1 aliphatic rings. The van der Waals surface area contributed by atoms with Gasteiger partial charge in [0.15, 0.2) is 5.82 Å². The second-order valence-electron chi connectivity index (χ2n) is 8.10. The summed E-state index contributed by atoms with van der Waals surface area (Å²) < 4.78 is 65.1. The van der Waals surface area contributed by atoms with Crippen LogP contribution >= 0.6 is 27.5 Å². The molecule has 1 amide bonds. The predicted molar refractivity (Wildman–Crippen MR) is 120 cm³/mol. The molecule has 1 aliphatic heterocycles. The van der Waals surface area contributed by atoms with Gasteiger partial charge in [-0.05, 0) is 61.3 Å². The summed E-state index contributed by atoms with van der Waals surface area (Å²) in [5.74, 6) is -1.52. The van der Waals surface area contributed by atoms with Gasteiger partial charge in [-0.2, -0.15) is 18.2 Å². The number of rotatable bonds is 2. The molecule has 2 aromatic rings. The maximum Gasteiger partial charge on any atom is 0.417 e. The fourth-order valence-corrected chi connectivity index (χ4v) is 3.93. The lowest BCUT2D eigenvalue weighted by molar-refractivity contribution is -0.138. The summed E-state index contributed by atoms with van der Waals surface area (Å²) in [5, 5.41) is -0.664. The highest BCUT2D eigenvalue weighted by atomic mass is 79.9. The number of fused-ring (bicyclic) bond motifs is 1. The number of carbonyl (C=O) groups is 1. The van der Waals surface area contributed by atoms with Crippen molar-refractivity contribution >= 4 is 44.5 Å². The molecule has 33 heavy (non-hydrogen) atoms. The average molecular weight is 559 g/mol. The highest BCUT2D eigenvalue weighted by molar-refractivity contribution is 9.10. The topological polar surface area (TPSA) is 64.6 Å². The van der Waals surface area contributed by atoms with Crippen LogP contribution < -0.4 is 4.74 Å². The number of carbonyl (C=O) groups excluding carboxylic acids is 1. The molecule has 2 atom stereocenters. The summed E-state index contributed by atoms with van der Waals surface area (Å²) in [6.45, 7) is 11.2. The Morgan fingerprint density at radius 3 is 2.39 bits per heavy atom. The monoisotopic (exact) mass is 557 g/mol. The van der Waals surface area contributed by atoms with E-state index in [-0.39, 0.29) is 16.5 Å². The van der Waals surface area contributed by atoms with E-state index in [9.17, 15) is 22.4 Å². The lowest BCUT2D eigenvalue weighted by Gasteiger charge is -2.28. The van der Waals surface area contributed by atoms with Crippen LogP contribution in [-0.2, 0) is 10.9 Å². The summed E-state index contributed by atoms with van der Waals surface area (Å²) >= 11 is 8.49. The van der Waals surface area contributed by atoms with Crippen LogP contribution in [0.5, 0.6) is 5.88 Å². The van der Waals surface area contributed by atoms with Crippen LogP contribution in [-0.4, -0.2) is 45.3 Å². The first kappa shape index (κ1) is 27.4. The molecule has 0 bridgehead atoms. The molecule has 0 spiro atoms. The van der Waals surface area contributed by atoms with E-state index in [4.69, 9.17) is 21.1 Å². The molecule has 3 rings (SSSR count). The van der Waals surface area contributed by atoms with Crippen LogP contribution in [0.1, 0.15) is 53.5 Å². The molecule has 2 heterocycles. The van der Waals surface area contributed by atoms with E-state index in [1.165, 1.54) is 4.90 Å². The molecule has 1 saturated heterocycles. The van der Waals surface area contributed by atoms with Crippen LogP contribution in [0, 0.1) is 5.82 Å². The first-order chi connectivity index (χ1) is 15.2. The molecule has 184 valence electrons. The lowest BCUT2D eigenvalue weighted by atomic mass is 10.1. The summed E-state index contributed by atoms with van der Waals surface area (Å²) in [5.41, 5.74) is -2.34. The van der Waals surface area contributed by atoms with E-state index < -0.39 is 51.4 Å². The largest absolute Gasteiger partial charge is 0.472 e. The highest BCUT2D eigenvalue weighted by Crippen LogP contribution is 2.41. The van der Waals surface area contributed by atoms with Crippen molar-refractivity contribution in [1.82, 2.24) is 14.9 Å². The quantitative estimate of drug-likeness (QED) is 0.293. The van der Waals surface area contributed by atoms with Gasteiger partial charge in [-0.1, -0.05) is 13.8 Å². The Morgan fingerprint density at radius 1 is 1.24 bits per heavy atom. The van der Waals surface area contributed by atoms with Crippen molar-refractivity contribution in [3.05, 3.63) is 27.2 Å². The molecule has 0 saturated carbocycles. The van der Waals surface area contributed by atoms with Gasteiger partial charge in [0.2, 0.25) is 11.2 Å². The zero-order valence-corrected chi connectivity index (χ0v) is 21.3. The molecule has 2 unspecified atom stereocenters. The second-order valence-corrected chi connectivity index (χ2v) is 9.23. The van der Waals surface area contributed by atoms with Crippen molar-refractivity contribution in [2.24, 2.45) is 0 Å². The van der Waals surface area contributed by atoms with Crippen LogP contribution in [0.15, 0.2) is 10.5 Å². The Balaban J connectivity index is 0.00000187. The van der Waals surface area contributed by atoms with Gasteiger partial charge in [0.05, 0.1) is 21.5 Å². The van der Waals surface area contributed by atoms with Crippen molar-refractivity contribution in [1.29, 1.82) is 0 Å². The number of benzene rings is 1. The molecule has 0 aliphatic carbocycles. The number of ether oxygens (including phenoxy) is 2. The Hall–Kier alpha value is -1.88. The molecule has 1 fully saturated rings.